The van der Waals surface area contributed by atoms with E-state index in [0.29, 0.717) is 0 Å². The third kappa shape index (κ3) is 11.3. The van der Waals surface area contributed by atoms with Crippen molar-refractivity contribution in [3.8, 4) is 0 Å². The van der Waals surface area contributed by atoms with Crippen molar-refractivity contribution in [3.63, 3.8) is 0 Å². The number of esters is 1. The molecular weight excluding hydrogens is 520 g/mol. The summed E-state index contributed by atoms with van der Waals surface area (Å²) in [5, 5.41) is 4.70. The highest BCUT2D eigenvalue weighted by Crippen LogP contribution is 2.22. The molecule has 2 atom stereocenters. The third-order valence-electron chi connectivity index (χ3n) is 6.35. The van der Waals surface area contributed by atoms with Crippen molar-refractivity contribution in [1.82, 2.24) is 20.4 Å². The van der Waals surface area contributed by atoms with Crippen LogP contribution in [0.2, 0.25) is 0 Å². The zero-order chi connectivity index (χ0) is 29.0. The number of ether oxygens (including phenoxy) is 2. The van der Waals surface area contributed by atoms with Crippen LogP contribution in [0, 0.1) is 5.92 Å². The number of piperazine rings is 1. The molecule has 1 saturated heterocycles. The van der Waals surface area contributed by atoms with Crippen LogP contribution in [0.5, 0.6) is 0 Å². The Morgan fingerprint density at radius 1 is 1.05 bits per heavy atom. The van der Waals surface area contributed by atoms with Gasteiger partial charge in [0, 0.05) is 26.2 Å². The number of carbonyl (C=O) groups is 4. The first-order chi connectivity index (χ1) is 18.4. The van der Waals surface area contributed by atoms with Gasteiger partial charge >= 0.3 is 5.97 Å². The van der Waals surface area contributed by atoms with E-state index in [1.165, 1.54) is 0 Å². The molecule has 0 bridgehead atoms. The van der Waals surface area contributed by atoms with Gasteiger partial charge in [0.1, 0.15) is 5.54 Å². The maximum Gasteiger partial charge on any atom is 0.331 e. The number of likely N-dealkylation sites (N-methyl/N-ethyl adjacent to an activating group) is 1. The van der Waals surface area contributed by atoms with E-state index >= 15 is 0 Å². The van der Waals surface area contributed by atoms with Gasteiger partial charge in [0.2, 0.25) is 16.9 Å². The maximum atomic E-state index is 13.2. The monoisotopic (exact) mass is 564 g/mol. The average molecular weight is 565 g/mol. The van der Waals surface area contributed by atoms with Crippen LogP contribution < -0.4 is 10.6 Å². The lowest BCUT2D eigenvalue weighted by molar-refractivity contribution is -0.150. The molecule has 1 aromatic carbocycles. The quantitative estimate of drug-likeness (QED) is 0.326. The lowest BCUT2D eigenvalue weighted by Gasteiger charge is -2.32. The van der Waals surface area contributed by atoms with E-state index in [-0.39, 0.29) is 37.4 Å². The molecule has 0 saturated carbocycles. The molecule has 1 aliphatic rings. The topological polar surface area (TPSA) is 117 Å². The molecule has 2 unspecified atom stereocenters. The van der Waals surface area contributed by atoms with E-state index < -0.39 is 34.6 Å². The van der Waals surface area contributed by atoms with Gasteiger partial charge in [-0.25, -0.2) is 4.79 Å². The van der Waals surface area contributed by atoms with Gasteiger partial charge in [0.15, 0.2) is 6.04 Å². The molecule has 39 heavy (non-hydrogen) atoms. The molecule has 1 aromatic rings. The molecule has 2 rings (SSSR count). The fourth-order valence-electron chi connectivity index (χ4n) is 3.91. The van der Waals surface area contributed by atoms with Gasteiger partial charge in [-0.1, -0.05) is 55.9 Å². The summed E-state index contributed by atoms with van der Waals surface area (Å²) in [4.78, 5) is 56.0. The van der Waals surface area contributed by atoms with E-state index in [9.17, 15) is 19.2 Å². The second-order valence-corrected chi connectivity index (χ2v) is 11.8. The number of hydrogen-bond donors (Lipinski definition) is 2. The summed E-state index contributed by atoms with van der Waals surface area (Å²) in [6.45, 7) is 12.6. The fourth-order valence-corrected chi connectivity index (χ4v) is 4.89. The van der Waals surface area contributed by atoms with E-state index in [4.69, 9.17) is 9.47 Å². The predicted octanol–water partition coefficient (Wildman–Crippen LogP) is 1.68. The Morgan fingerprint density at radius 2 is 1.69 bits per heavy atom. The maximum absolute atomic E-state index is 13.2. The number of rotatable bonds is 14. The minimum atomic E-state index is -1.35. The zero-order valence-corrected chi connectivity index (χ0v) is 24.8. The number of thioether (sulfide) groups is 1. The molecule has 0 radical (unpaired) electrons. The normalized spacial score (nSPS) is 16.4. The highest BCUT2D eigenvalue weighted by atomic mass is 32.2. The Bertz CT molecular complexity index is 951. The van der Waals surface area contributed by atoms with Crippen LogP contribution in [0.4, 0.5) is 0 Å². The van der Waals surface area contributed by atoms with Crippen molar-refractivity contribution in [1.29, 1.82) is 0 Å². The highest BCUT2D eigenvalue weighted by molar-refractivity contribution is 8.14. The fraction of sp³-hybridized carbons (Fsp3) is 0.643. The third-order valence-corrected chi connectivity index (χ3v) is 7.75. The first kappa shape index (κ1) is 32.7. The minimum Gasteiger partial charge on any atom is -0.464 e. The summed E-state index contributed by atoms with van der Waals surface area (Å²) < 4.78 is 10.8. The smallest absolute Gasteiger partial charge is 0.331 e. The van der Waals surface area contributed by atoms with Crippen molar-refractivity contribution >= 4 is 34.7 Å². The molecule has 218 valence electrons. The van der Waals surface area contributed by atoms with Crippen molar-refractivity contribution in [3.05, 3.63) is 35.9 Å². The first-order valence-corrected chi connectivity index (χ1v) is 14.3. The molecule has 0 aromatic heterocycles. The Morgan fingerprint density at radius 3 is 2.28 bits per heavy atom. The predicted molar refractivity (Wildman–Crippen MR) is 152 cm³/mol. The lowest BCUT2D eigenvalue weighted by Crippen LogP contribution is -2.60. The largest absolute Gasteiger partial charge is 0.464 e. The standard InChI is InChI=1S/C28H44N4O6S/c1-7-38-26(35)22(19-37-18-21-11-9-8-10-12-21)29-27(36)28(4,5)30-25(34)24(20(2)3)39-23(33)17-32-15-13-31(6)14-16-32/h8-12,20,22,24H,7,13-19H2,1-6H3,(H,29,36)(H,30,34). The van der Waals surface area contributed by atoms with Crippen LogP contribution in [0.25, 0.3) is 0 Å². The van der Waals surface area contributed by atoms with Crippen molar-refractivity contribution < 1.29 is 28.7 Å². The Labute approximate surface area is 236 Å². The van der Waals surface area contributed by atoms with E-state index in [1.54, 1.807) is 20.8 Å². The van der Waals surface area contributed by atoms with Crippen LogP contribution in [0.3, 0.4) is 0 Å². The number of nitrogens with zero attached hydrogens (tertiary/aromatic N) is 2. The van der Waals surface area contributed by atoms with Crippen molar-refractivity contribution in [2.45, 2.75) is 58.1 Å². The summed E-state index contributed by atoms with van der Waals surface area (Å²) in [6, 6.07) is 8.42. The van der Waals surface area contributed by atoms with Gasteiger partial charge in [-0.15, -0.1) is 0 Å². The Hall–Kier alpha value is -2.47. The molecule has 0 aliphatic carbocycles. The molecule has 11 heteroatoms. The Balaban J connectivity index is 1.96. The van der Waals surface area contributed by atoms with Gasteiger partial charge in [0.25, 0.3) is 0 Å². The lowest BCUT2D eigenvalue weighted by atomic mass is 10.0. The van der Waals surface area contributed by atoms with Crippen LogP contribution in [-0.2, 0) is 35.3 Å². The summed E-state index contributed by atoms with van der Waals surface area (Å²) in [7, 11) is 2.05. The first-order valence-electron chi connectivity index (χ1n) is 13.4. The number of hydrogen-bond acceptors (Lipinski definition) is 9. The number of amides is 2. The van der Waals surface area contributed by atoms with Gasteiger partial charge in [-0.2, -0.15) is 0 Å². The number of benzene rings is 1. The SMILES string of the molecule is CCOC(=O)C(COCc1ccccc1)NC(=O)C(C)(C)NC(=O)C(SC(=O)CN1CCN(C)CC1)C(C)C. The van der Waals surface area contributed by atoms with E-state index in [1.807, 2.05) is 44.2 Å². The Kier molecular flexibility index (Phi) is 13.4. The van der Waals surface area contributed by atoms with Gasteiger partial charge in [0.05, 0.1) is 31.6 Å². The second kappa shape index (κ2) is 16.0. The summed E-state index contributed by atoms with van der Waals surface area (Å²) >= 11 is 1.01. The molecule has 2 amide bonds. The van der Waals surface area contributed by atoms with E-state index in [2.05, 4.69) is 27.5 Å². The number of carbonyl (C=O) groups excluding carboxylic acids is 4. The molecular formula is C28H44N4O6S. The van der Waals surface area contributed by atoms with Crippen LogP contribution in [0.15, 0.2) is 30.3 Å². The van der Waals surface area contributed by atoms with Crippen molar-refractivity contribution in [2.24, 2.45) is 5.92 Å². The molecule has 10 nitrogen and oxygen atoms in total. The zero-order valence-electron chi connectivity index (χ0n) is 24.0. The second-order valence-electron chi connectivity index (χ2n) is 10.6. The molecule has 1 heterocycles. The molecule has 2 N–H and O–H groups in total. The molecule has 1 aliphatic heterocycles. The summed E-state index contributed by atoms with van der Waals surface area (Å²) in [5.74, 6) is -1.72. The highest BCUT2D eigenvalue weighted by Gasteiger charge is 2.37. The van der Waals surface area contributed by atoms with Gasteiger partial charge in [-0.05, 0) is 39.3 Å². The van der Waals surface area contributed by atoms with Gasteiger partial charge < -0.3 is 25.0 Å². The minimum absolute atomic E-state index is 0.0754. The summed E-state index contributed by atoms with van der Waals surface area (Å²) in [6.07, 6.45) is 0. The van der Waals surface area contributed by atoms with Crippen molar-refractivity contribution in [2.75, 3.05) is 53.0 Å². The van der Waals surface area contributed by atoms with E-state index in [0.717, 1.165) is 43.5 Å². The molecule has 1 fully saturated rings. The average Bonchev–Trinajstić information content (AvgIpc) is 2.88. The summed E-state index contributed by atoms with van der Waals surface area (Å²) in [5.41, 5.74) is -0.423. The molecule has 0 spiro atoms. The number of nitrogens with one attached hydrogen (secondary N) is 2. The van der Waals surface area contributed by atoms with Crippen LogP contribution in [-0.4, -0.2) is 103 Å². The van der Waals surface area contributed by atoms with Crippen LogP contribution >= 0.6 is 11.8 Å². The van der Waals surface area contributed by atoms with Crippen LogP contribution in [0.1, 0.15) is 40.2 Å². The van der Waals surface area contributed by atoms with Gasteiger partial charge in [-0.3, -0.25) is 19.3 Å².